The van der Waals surface area contributed by atoms with Crippen LogP contribution in [-0.4, -0.2) is 75.1 Å². The Morgan fingerprint density at radius 2 is 2.17 bits per heavy atom. The Morgan fingerprint density at radius 3 is 2.72 bits per heavy atom. The van der Waals surface area contributed by atoms with Gasteiger partial charge in [-0.2, -0.15) is 4.31 Å². The first kappa shape index (κ1) is 20.7. The molecule has 2 N–H and O–H groups in total. The Kier molecular flexibility index (Phi) is 5.21. The molecule has 0 amide bonds. The van der Waals surface area contributed by atoms with E-state index in [1.807, 2.05) is 0 Å². The average molecular weight is 447 g/mol. The average Bonchev–Trinajstić information content (AvgIpc) is 2.91. The highest BCUT2D eigenvalue weighted by Crippen LogP contribution is 2.46. The summed E-state index contributed by atoms with van der Waals surface area (Å²) in [7, 11) is -3.42. The zero-order chi connectivity index (χ0) is 21.0. The second-order valence-electron chi connectivity index (χ2n) is 7.97. The minimum absolute atomic E-state index is 0.202. The highest BCUT2D eigenvalue weighted by Gasteiger charge is 2.47. The van der Waals surface area contributed by atoms with Crippen molar-refractivity contribution >= 4 is 33.1 Å². The zero-order valence-corrected chi connectivity index (χ0v) is 17.8. The topological polar surface area (TPSA) is 113 Å². The van der Waals surface area contributed by atoms with Gasteiger partial charge in [0.05, 0.1) is 30.0 Å². The SMILES string of the molecule is CC(O)C1(c2nc(Cl)c3cnc(N[C@H]4CCN(S(C)(=O)=O)C[C@H]4F)nn23)CCC1. The molecule has 160 valence electrons. The summed E-state index contributed by atoms with van der Waals surface area (Å²) in [5.41, 5.74) is 0.00772. The van der Waals surface area contributed by atoms with Gasteiger partial charge in [0, 0.05) is 13.1 Å². The molecule has 2 fully saturated rings. The normalized spacial score (nSPS) is 26.2. The van der Waals surface area contributed by atoms with Crippen molar-refractivity contribution in [2.45, 2.75) is 56.3 Å². The fourth-order valence-electron chi connectivity index (χ4n) is 4.13. The van der Waals surface area contributed by atoms with Gasteiger partial charge in [0.2, 0.25) is 16.0 Å². The van der Waals surface area contributed by atoms with Crippen LogP contribution in [0.5, 0.6) is 0 Å². The van der Waals surface area contributed by atoms with E-state index in [0.29, 0.717) is 17.8 Å². The molecule has 0 radical (unpaired) electrons. The predicted molar refractivity (Wildman–Crippen MR) is 106 cm³/mol. The van der Waals surface area contributed by atoms with Gasteiger partial charge in [-0.3, -0.25) is 0 Å². The number of halogens is 2. The van der Waals surface area contributed by atoms with Crippen LogP contribution in [0.25, 0.3) is 5.52 Å². The number of nitrogens with zero attached hydrogens (tertiary/aromatic N) is 5. The summed E-state index contributed by atoms with van der Waals surface area (Å²) in [5.74, 6) is 0.779. The van der Waals surface area contributed by atoms with Crippen molar-refractivity contribution in [1.29, 1.82) is 0 Å². The molecule has 2 aromatic heterocycles. The molecular formula is C17H24ClFN6O3S. The third kappa shape index (κ3) is 3.58. The smallest absolute Gasteiger partial charge is 0.241 e. The quantitative estimate of drug-likeness (QED) is 0.713. The lowest BCUT2D eigenvalue weighted by molar-refractivity contribution is 0.0347. The molecule has 1 saturated heterocycles. The van der Waals surface area contributed by atoms with Crippen LogP contribution in [0, 0.1) is 0 Å². The predicted octanol–water partition coefficient (Wildman–Crippen LogP) is 1.36. The Morgan fingerprint density at radius 1 is 1.45 bits per heavy atom. The van der Waals surface area contributed by atoms with Crippen LogP contribution in [0.2, 0.25) is 5.15 Å². The third-order valence-electron chi connectivity index (χ3n) is 6.13. The molecule has 3 heterocycles. The number of hydrogen-bond acceptors (Lipinski definition) is 7. The lowest BCUT2D eigenvalue weighted by atomic mass is 9.65. The minimum atomic E-state index is -3.42. The standard InChI is InChI=1S/C17H24ClFN6O3S/c1-10(26)17(5-3-6-17)15-22-14(18)13-8-20-16(23-25(13)15)21-12-4-7-24(9-11(12)19)29(2,27)28/h8,10-12,26H,3-7,9H2,1-2H3,(H,21,23)/t10?,11-,12+/m1/s1. The summed E-state index contributed by atoms with van der Waals surface area (Å²) in [6.07, 6.45) is 3.43. The molecule has 4 rings (SSSR count). The van der Waals surface area contributed by atoms with Crippen LogP contribution in [0.15, 0.2) is 6.20 Å². The Bertz CT molecular complexity index is 1030. The van der Waals surface area contributed by atoms with Crippen molar-refractivity contribution in [3.8, 4) is 0 Å². The molecule has 1 aliphatic carbocycles. The van der Waals surface area contributed by atoms with E-state index in [4.69, 9.17) is 11.6 Å². The van der Waals surface area contributed by atoms with E-state index in [2.05, 4.69) is 20.4 Å². The molecule has 0 spiro atoms. The Labute approximate surface area is 173 Å². The van der Waals surface area contributed by atoms with Gasteiger partial charge in [-0.15, -0.1) is 5.10 Å². The van der Waals surface area contributed by atoms with Crippen LogP contribution in [0.1, 0.15) is 38.4 Å². The summed E-state index contributed by atoms with van der Waals surface area (Å²) in [4.78, 5) is 8.66. The number of piperidine rings is 1. The largest absolute Gasteiger partial charge is 0.392 e. The molecule has 1 saturated carbocycles. The fraction of sp³-hybridized carbons (Fsp3) is 0.706. The van der Waals surface area contributed by atoms with Gasteiger partial charge in [0.25, 0.3) is 0 Å². The molecule has 12 heteroatoms. The molecule has 0 aromatic carbocycles. The van der Waals surface area contributed by atoms with Gasteiger partial charge >= 0.3 is 0 Å². The lowest BCUT2D eigenvalue weighted by Crippen LogP contribution is -2.49. The molecule has 1 unspecified atom stereocenters. The number of anilines is 1. The Hall–Kier alpha value is -1.56. The van der Waals surface area contributed by atoms with E-state index in [0.717, 1.165) is 29.8 Å². The number of hydrogen-bond donors (Lipinski definition) is 2. The van der Waals surface area contributed by atoms with E-state index >= 15 is 0 Å². The summed E-state index contributed by atoms with van der Waals surface area (Å²) in [5, 5.41) is 18.0. The van der Waals surface area contributed by atoms with Crippen molar-refractivity contribution < 1.29 is 17.9 Å². The number of imidazole rings is 1. The minimum Gasteiger partial charge on any atom is -0.392 e. The van der Waals surface area contributed by atoms with E-state index in [1.165, 1.54) is 6.20 Å². The first-order valence-electron chi connectivity index (χ1n) is 9.57. The maximum absolute atomic E-state index is 14.6. The highest BCUT2D eigenvalue weighted by atomic mass is 35.5. The number of aliphatic hydroxyl groups excluding tert-OH is 1. The third-order valence-corrected chi connectivity index (χ3v) is 7.67. The summed E-state index contributed by atoms with van der Waals surface area (Å²) in [6.45, 7) is 1.76. The first-order valence-corrected chi connectivity index (χ1v) is 11.8. The molecule has 3 atom stereocenters. The van der Waals surface area contributed by atoms with E-state index < -0.39 is 33.8 Å². The molecule has 0 bridgehead atoms. The van der Waals surface area contributed by atoms with Gasteiger partial charge in [0.1, 0.15) is 17.5 Å². The van der Waals surface area contributed by atoms with E-state index in [9.17, 15) is 17.9 Å². The van der Waals surface area contributed by atoms with Crippen LogP contribution in [0.3, 0.4) is 0 Å². The van der Waals surface area contributed by atoms with Gasteiger partial charge in [-0.05, 0) is 26.2 Å². The number of aromatic nitrogens is 4. The van der Waals surface area contributed by atoms with Crippen LogP contribution in [-0.2, 0) is 15.4 Å². The number of nitrogens with one attached hydrogen (secondary N) is 1. The van der Waals surface area contributed by atoms with Crippen molar-refractivity contribution in [1.82, 2.24) is 23.9 Å². The van der Waals surface area contributed by atoms with Crippen molar-refractivity contribution in [3.05, 3.63) is 17.2 Å². The number of alkyl halides is 1. The second-order valence-corrected chi connectivity index (χ2v) is 10.3. The monoisotopic (exact) mass is 446 g/mol. The molecule has 2 aromatic rings. The van der Waals surface area contributed by atoms with Gasteiger partial charge in [-0.25, -0.2) is 27.3 Å². The summed E-state index contributed by atoms with van der Waals surface area (Å²) < 4.78 is 40.6. The molecule has 9 nitrogen and oxygen atoms in total. The van der Waals surface area contributed by atoms with E-state index in [1.54, 1.807) is 11.4 Å². The van der Waals surface area contributed by atoms with Gasteiger partial charge in [-0.1, -0.05) is 18.0 Å². The molecule has 1 aliphatic heterocycles. The number of rotatable bonds is 5. The maximum Gasteiger partial charge on any atom is 0.241 e. The van der Waals surface area contributed by atoms with Crippen LogP contribution >= 0.6 is 11.6 Å². The van der Waals surface area contributed by atoms with Crippen LogP contribution in [0.4, 0.5) is 10.3 Å². The van der Waals surface area contributed by atoms with Crippen molar-refractivity contribution in [2.75, 3.05) is 24.7 Å². The van der Waals surface area contributed by atoms with E-state index in [-0.39, 0.29) is 24.2 Å². The van der Waals surface area contributed by atoms with Crippen molar-refractivity contribution in [3.63, 3.8) is 0 Å². The lowest BCUT2D eigenvalue weighted by Gasteiger charge is -2.42. The molecule has 29 heavy (non-hydrogen) atoms. The second kappa shape index (κ2) is 7.29. The van der Waals surface area contributed by atoms with Gasteiger partial charge in [0.15, 0.2) is 5.15 Å². The van der Waals surface area contributed by atoms with Crippen molar-refractivity contribution in [2.24, 2.45) is 0 Å². The highest BCUT2D eigenvalue weighted by molar-refractivity contribution is 7.88. The first-order chi connectivity index (χ1) is 13.6. The van der Waals surface area contributed by atoms with Gasteiger partial charge < -0.3 is 10.4 Å². The fourth-order valence-corrected chi connectivity index (χ4v) is 5.19. The molecular weight excluding hydrogens is 423 g/mol. The number of aliphatic hydroxyl groups is 1. The number of fused-ring (bicyclic) bond motifs is 1. The molecule has 2 aliphatic rings. The maximum atomic E-state index is 14.6. The summed E-state index contributed by atoms with van der Waals surface area (Å²) in [6, 6.07) is -0.609. The zero-order valence-electron chi connectivity index (χ0n) is 16.2. The Balaban J connectivity index is 1.61. The summed E-state index contributed by atoms with van der Waals surface area (Å²) >= 11 is 6.26. The van der Waals surface area contributed by atoms with Crippen LogP contribution < -0.4 is 5.32 Å². The number of sulfonamides is 1.